The van der Waals surface area contributed by atoms with Crippen LogP contribution in [0.25, 0.3) is 0 Å². The van der Waals surface area contributed by atoms with Crippen LogP contribution in [0.5, 0.6) is 0 Å². The number of amides is 1. The van der Waals surface area contributed by atoms with Gasteiger partial charge in [0, 0.05) is 19.5 Å². The Morgan fingerprint density at radius 2 is 1.88 bits per heavy atom. The number of nitrogens with two attached hydrogens (primary N) is 1. The topological polar surface area (TPSA) is 46.3 Å². The van der Waals surface area contributed by atoms with Gasteiger partial charge in [-0.15, -0.1) is 0 Å². The molecule has 3 heteroatoms. The highest BCUT2D eigenvalue weighted by Gasteiger charge is 2.16. The molecule has 1 aromatic carbocycles. The maximum absolute atomic E-state index is 11.9. The fourth-order valence-electron chi connectivity index (χ4n) is 1.70. The van der Waals surface area contributed by atoms with E-state index in [0.29, 0.717) is 6.42 Å². The molecular weight excluding hydrogens is 212 g/mol. The van der Waals surface area contributed by atoms with Crippen molar-refractivity contribution in [3.05, 3.63) is 35.9 Å². The fourth-order valence-corrected chi connectivity index (χ4v) is 1.70. The first-order valence-electron chi connectivity index (χ1n) is 6.08. The fraction of sp³-hybridized carbons (Fsp3) is 0.500. The van der Waals surface area contributed by atoms with Gasteiger partial charge in [-0.3, -0.25) is 4.79 Å². The van der Waals surface area contributed by atoms with E-state index >= 15 is 0 Å². The van der Waals surface area contributed by atoms with Gasteiger partial charge in [-0.2, -0.15) is 0 Å². The van der Waals surface area contributed by atoms with E-state index in [0.717, 1.165) is 12.0 Å². The van der Waals surface area contributed by atoms with Crippen LogP contribution in [-0.4, -0.2) is 23.9 Å². The molecule has 1 aromatic rings. The van der Waals surface area contributed by atoms with Crippen LogP contribution < -0.4 is 5.73 Å². The molecule has 1 rings (SSSR count). The van der Waals surface area contributed by atoms with E-state index in [-0.39, 0.29) is 18.0 Å². The van der Waals surface area contributed by atoms with E-state index in [4.69, 9.17) is 5.73 Å². The van der Waals surface area contributed by atoms with Crippen molar-refractivity contribution in [3.8, 4) is 0 Å². The molecule has 17 heavy (non-hydrogen) atoms. The minimum Gasteiger partial charge on any atom is -0.339 e. The summed E-state index contributed by atoms with van der Waals surface area (Å²) in [5.74, 6) is 0.152. The summed E-state index contributed by atoms with van der Waals surface area (Å²) in [5, 5.41) is 0. The van der Waals surface area contributed by atoms with Gasteiger partial charge >= 0.3 is 0 Å². The third-order valence-corrected chi connectivity index (χ3v) is 3.07. The number of nitrogens with zero attached hydrogens (tertiary/aromatic N) is 1. The Kier molecular flexibility index (Phi) is 5.16. The van der Waals surface area contributed by atoms with Gasteiger partial charge in [-0.25, -0.2) is 0 Å². The van der Waals surface area contributed by atoms with Crippen molar-refractivity contribution in [2.45, 2.75) is 38.8 Å². The highest BCUT2D eigenvalue weighted by Crippen LogP contribution is 2.19. The largest absolute Gasteiger partial charge is 0.339 e. The highest BCUT2D eigenvalue weighted by molar-refractivity contribution is 5.76. The molecule has 0 aromatic heterocycles. The molecule has 2 N–H and O–H groups in total. The number of carbonyl (C=O) groups is 1. The Hall–Kier alpha value is -1.35. The summed E-state index contributed by atoms with van der Waals surface area (Å²) in [4.78, 5) is 13.7. The summed E-state index contributed by atoms with van der Waals surface area (Å²) in [5.41, 5.74) is 6.81. The number of carbonyl (C=O) groups excluding carboxylic acids is 1. The lowest BCUT2D eigenvalue weighted by Crippen LogP contribution is -2.30. The second-order valence-electron chi connectivity index (χ2n) is 4.61. The zero-order chi connectivity index (χ0) is 12.8. The van der Waals surface area contributed by atoms with Crippen LogP contribution in [0, 0.1) is 0 Å². The second-order valence-corrected chi connectivity index (χ2v) is 4.61. The standard InChI is InChI=1S/C14H22N2O/c1-11(15)9-10-14(17)16(3)12(2)13-7-5-4-6-8-13/h4-8,11-12H,9-10,15H2,1-3H3. The van der Waals surface area contributed by atoms with E-state index in [1.54, 1.807) is 4.90 Å². The number of hydrogen-bond donors (Lipinski definition) is 1. The highest BCUT2D eigenvalue weighted by atomic mass is 16.2. The second kappa shape index (κ2) is 6.40. The molecule has 0 fully saturated rings. The molecule has 0 heterocycles. The molecule has 0 saturated carbocycles. The van der Waals surface area contributed by atoms with Gasteiger partial charge < -0.3 is 10.6 Å². The van der Waals surface area contributed by atoms with Gasteiger partial charge in [0.15, 0.2) is 0 Å². The average molecular weight is 234 g/mol. The summed E-state index contributed by atoms with van der Waals surface area (Å²) < 4.78 is 0. The van der Waals surface area contributed by atoms with E-state index in [2.05, 4.69) is 0 Å². The summed E-state index contributed by atoms with van der Waals surface area (Å²) in [6.07, 6.45) is 1.26. The predicted molar refractivity (Wildman–Crippen MR) is 70.5 cm³/mol. The van der Waals surface area contributed by atoms with E-state index in [1.165, 1.54) is 0 Å². The van der Waals surface area contributed by atoms with Crippen molar-refractivity contribution in [2.75, 3.05) is 7.05 Å². The zero-order valence-electron chi connectivity index (χ0n) is 10.9. The summed E-state index contributed by atoms with van der Waals surface area (Å²) in [6, 6.07) is 10.2. The van der Waals surface area contributed by atoms with Gasteiger partial charge in [0.25, 0.3) is 0 Å². The third kappa shape index (κ3) is 4.19. The van der Waals surface area contributed by atoms with Crippen molar-refractivity contribution in [2.24, 2.45) is 5.73 Å². The molecule has 2 unspecified atom stereocenters. The minimum atomic E-state index is 0.0828. The molecule has 0 bridgehead atoms. The SMILES string of the molecule is CC(N)CCC(=O)N(C)C(C)c1ccccc1. The summed E-state index contributed by atoms with van der Waals surface area (Å²) >= 11 is 0. The van der Waals surface area contributed by atoms with Crippen LogP contribution in [0.1, 0.15) is 38.3 Å². The zero-order valence-corrected chi connectivity index (χ0v) is 10.9. The maximum Gasteiger partial charge on any atom is 0.222 e. The van der Waals surface area contributed by atoms with Gasteiger partial charge in [0.2, 0.25) is 5.91 Å². The Labute approximate surface area is 104 Å². The van der Waals surface area contributed by atoms with Gasteiger partial charge in [-0.05, 0) is 25.8 Å². The smallest absolute Gasteiger partial charge is 0.222 e. The molecule has 0 aliphatic rings. The van der Waals surface area contributed by atoms with Crippen molar-refractivity contribution in [1.29, 1.82) is 0 Å². The van der Waals surface area contributed by atoms with E-state index < -0.39 is 0 Å². The Morgan fingerprint density at radius 3 is 2.41 bits per heavy atom. The molecule has 2 atom stereocenters. The normalized spacial score (nSPS) is 14.1. The third-order valence-electron chi connectivity index (χ3n) is 3.07. The lowest BCUT2D eigenvalue weighted by Gasteiger charge is -2.25. The van der Waals surface area contributed by atoms with E-state index in [1.807, 2.05) is 51.2 Å². The first kappa shape index (κ1) is 13.7. The lowest BCUT2D eigenvalue weighted by atomic mass is 10.1. The molecule has 0 aliphatic carbocycles. The minimum absolute atomic E-state index is 0.0828. The number of hydrogen-bond acceptors (Lipinski definition) is 2. The van der Waals surface area contributed by atoms with Crippen LogP contribution in [-0.2, 0) is 4.79 Å². The molecule has 0 spiro atoms. The lowest BCUT2D eigenvalue weighted by molar-refractivity contribution is -0.132. The van der Waals surface area contributed by atoms with Crippen molar-refractivity contribution < 1.29 is 4.79 Å². The Morgan fingerprint density at radius 1 is 1.29 bits per heavy atom. The van der Waals surface area contributed by atoms with E-state index in [9.17, 15) is 4.79 Å². The molecule has 1 amide bonds. The van der Waals surface area contributed by atoms with Crippen molar-refractivity contribution >= 4 is 5.91 Å². The van der Waals surface area contributed by atoms with Crippen molar-refractivity contribution in [1.82, 2.24) is 4.90 Å². The molecular formula is C14H22N2O. The summed E-state index contributed by atoms with van der Waals surface area (Å²) in [6.45, 7) is 3.97. The van der Waals surface area contributed by atoms with Crippen LogP contribution in [0.4, 0.5) is 0 Å². The first-order chi connectivity index (χ1) is 8.02. The van der Waals surface area contributed by atoms with Gasteiger partial charge in [0.05, 0.1) is 6.04 Å². The Bertz CT molecular complexity index is 348. The molecule has 94 valence electrons. The molecule has 0 aliphatic heterocycles. The average Bonchev–Trinajstić information content (AvgIpc) is 2.35. The Balaban J connectivity index is 2.57. The van der Waals surface area contributed by atoms with Crippen LogP contribution in [0.3, 0.4) is 0 Å². The quantitative estimate of drug-likeness (QED) is 0.850. The molecule has 0 radical (unpaired) electrons. The van der Waals surface area contributed by atoms with Crippen LogP contribution in [0.2, 0.25) is 0 Å². The van der Waals surface area contributed by atoms with Gasteiger partial charge in [0.1, 0.15) is 0 Å². The summed E-state index contributed by atoms with van der Waals surface area (Å²) in [7, 11) is 1.85. The number of benzene rings is 1. The van der Waals surface area contributed by atoms with Gasteiger partial charge in [-0.1, -0.05) is 30.3 Å². The predicted octanol–water partition coefficient (Wildman–Crippen LogP) is 2.33. The molecule has 3 nitrogen and oxygen atoms in total. The first-order valence-corrected chi connectivity index (χ1v) is 6.08. The maximum atomic E-state index is 11.9. The number of rotatable bonds is 5. The van der Waals surface area contributed by atoms with Crippen LogP contribution >= 0.6 is 0 Å². The monoisotopic (exact) mass is 234 g/mol. The van der Waals surface area contributed by atoms with Crippen LogP contribution in [0.15, 0.2) is 30.3 Å². The van der Waals surface area contributed by atoms with Crippen molar-refractivity contribution in [3.63, 3.8) is 0 Å². The molecule has 0 saturated heterocycles.